The number of nitrogens with one attached hydrogen (secondary N) is 2. The molecule has 1 heterocycles. The van der Waals surface area contributed by atoms with Gasteiger partial charge in [-0.05, 0) is 6.07 Å². The minimum atomic E-state index is -0.615. The molecular formula is C19H14N6O4. The van der Waals surface area contributed by atoms with Gasteiger partial charge in [0.2, 0.25) is 5.95 Å². The summed E-state index contributed by atoms with van der Waals surface area (Å²) in [5, 5.41) is 24.2. The number of nitriles is 1. The monoisotopic (exact) mass is 390 g/mol. The number of benzene rings is 2. The highest BCUT2D eigenvalue weighted by Crippen LogP contribution is 2.22. The van der Waals surface area contributed by atoms with Gasteiger partial charge in [-0.2, -0.15) is 10.4 Å². The minimum absolute atomic E-state index is 0.0153. The Morgan fingerprint density at radius 2 is 2.07 bits per heavy atom. The smallest absolute Gasteiger partial charge is 0.273 e. The van der Waals surface area contributed by atoms with Crippen molar-refractivity contribution in [2.45, 2.75) is 0 Å². The average Bonchev–Trinajstić information content (AvgIpc) is 2.73. The number of methoxy groups -OCH3 is 1. The number of non-ortho nitro benzene ring substituents is 1. The lowest BCUT2D eigenvalue weighted by atomic mass is 10.1. The van der Waals surface area contributed by atoms with Crippen LogP contribution in [0.4, 0.5) is 11.6 Å². The standard InChI is InChI=1S/C19H14N6O4/c1-29-15-8-12(7-14(9-15)25(27)28)11-21-24-19-22-17(13-5-3-2-4-6-13)16(10-20)18(26)23-19/h2-9,11H,1H3,(H2,22,23,24,26). The fourth-order valence-corrected chi connectivity index (χ4v) is 2.51. The van der Waals surface area contributed by atoms with Crippen molar-refractivity contribution >= 4 is 17.9 Å². The summed E-state index contributed by atoms with van der Waals surface area (Å²) in [5.74, 6) is 0.318. The Kier molecular flexibility index (Phi) is 5.61. The number of hydrogen-bond acceptors (Lipinski definition) is 8. The lowest BCUT2D eigenvalue weighted by molar-refractivity contribution is -0.384. The van der Waals surface area contributed by atoms with Crippen LogP contribution in [0.5, 0.6) is 5.75 Å². The van der Waals surface area contributed by atoms with Crippen LogP contribution in [0, 0.1) is 21.4 Å². The van der Waals surface area contributed by atoms with Crippen LogP contribution in [0.2, 0.25) is 0 Å². The first-order valence-electron chi connectivity index (χ1n) is 8.24. The van der Waals surface area contributed by atoms with Gasteiger partial charge in [-0.1, -0.05) is 30.3 Å². The van der Waals surface area contributed by atoms with Crippen LogP contribution in [0.25, 0.3) is 11.3 Å². The molecule has 144 valence electrons. The van der Waals surface area contributed by atoms with E-state index in [2.05, 4.69) is 20.5 Å². The number of aromatic amines is 1. The van der Waals surface area contributed by atoms with Crippen molar-refractivity contribution in [1.82, 2.24) is 9.97 Å². The van der Waals surface area contributed by atoms with E-state index in [0.717, 1.165) is 0 Å². The van der Waals surface area contributed by atoms with E-state index in [9.17, 15) is 20.2 Å². The van der Waals surface area contributed by atoms with Gasteiger partial charge in [-0.25, -0.2) is 10.4 Å². The first-order valence-corrected chi connectivity index (χ1v) is 8.24. The molecular weight excluding hydrogens is 376 g/mol. The van der Waals surface area contributed by atoms with Gasteiger partial charge < -0.3 is 4.74 Å². The van der Waals surface area contributed by atoms with E-state index < -0.39 is 10.5 Å². The molecule has 0 aliphatic carbocycles. The molecule has 0 fully saturated rings. The number of hydrogen-bond donors (Lipinski definition) is 2. The zero-order valence-electron chi connectivity index (χ0n) is 15.1. The number of anilines is 1. The Bertz CT molecular complexity index is 1180. The Hall–Kier alpha value is -4.52. The van der Waals surface area contributed by atoms with Crippen LogP contribution >= 0.6 is 0 Å². The summed E-state index contributed by atoms with van der Waals surface area (Å²) >= 11 is 0. The van der Waals surface area contributed by atoms with Crippen LogP contribution in [-0.4, -0.2) is 28.2 Å². The van der Waals surface area contributed by atoms with Gasteiger partial charge in [0.15, 0.2) is 0 Å². The summed E-state index contributed by atoms with van der Waals surface area (Å²) in [6.45, 7) is 0. The fraction of sp³-hybridized carbons (Fsp3) is 0.0526. The number of H-pyrrole nitrogens is 1. The largest absolute Gasteiger partial charge is 0.496 e. The zero-order valence-corrected chi connectivity index (χ0v) is 15.1. The highest BCUT2D eigenvalue weighted by Gasteiger charge is 2.13. The first kappa shape index (κ1) is 19.2. The van der Waals surface area contributed by atoms with Crippen molar-refractivity contribution in [3.8, 4) is 23.1 Å². The van der Waals surface area contributed by atoms with Crippen molar-refractivity contribution < 1.29 is 9.66 Å². The molecule has 0 saturated carbocycles. The number of rotatable bonds is 6. The fourth-order valence-electron chi connectivity index (χ4n) is 2.51. The van der Waals surface area contributed by atoms with E-state index in [1.807, 2.05) is 6.07 Å². The molecule has 1 aromatic heterocycles. The number of nitro benzene ring substituents is 1. The van der Waals surface area contributed by atoms with Crippen molar-refractivity contribution in [2.75, 3.05) is 12.5 Å². The molecule has 2 N–H and O–H groups in total. The minimum Gasteiger partial charge on any atom is -0.496 e. The molecule has 0 radical (unpaired) electrons. The predicted molar refractivity (Wildman–Crippen MR) is 106 cm³/mol. The molecule has 0 spiro atoms. The van der Waals surface area contributed by atoms with Crippen LogP contribution in [0.15, 0.2) is 58.4 Å². The van der Waals surface area contributed by atoms with Crippen molar-refractivity contribution in [1.29, 1.82) is 5.26 Å². The summed E-state index contributed by atoms with van der Waals surface area (Å²) < 4.78 is 5.04. The van der Waals surface area contributed by atoms with Crippen molar-refractivity contribution in [3.63, 3.8) is 0 Å². The van der Waals surface area contributed by atoms with E-state index in [-0.39, 0.29) is 22.9 Å². The molecule has 10 heteroatoms. The number of hydrazone groups is 1. The van der Waals surface area contributed by atoms with Gasteiger partial charge >= 0.3 is 0 Å². The van der Waals surface area contributed by atoms with Crippen LogP contribution in [0.3, 0.4) is 0 Å². The Labute approximate surface area is 164 Å². The van der Waals surface area contributed by atoms with E-state index in [1.54, 1.807) is 36.4 Å². The second kappa shape index (κ2) is 8.45. The number of nitrogens with zero attached hydrogens (tertiary/aromatic N) is 4. The third-order valence-corrected chi connectivity index (χ3v) is 3.82. The third-order valence-electron chi connectivity index (χ3n) is 3.82. The quantitative estimate of drug-likeness (QED) is 0.374. The van der Waals surface area contributed by atoms with Gasteiger partial charge in [0, 0.05) is 17.2 Å². The third kappa shape index (κ3) is 4.42. The van der Waals surface area contributed by atoms with Gasteiger partial charge in [-0.3, -0.25) is 19.9 Å². The molecule has 2 aromatic carbocycles. The van der Waals surface area contributed by atoms with E-state index in [4.69, 9.17) is 4.74 Å². The molecule has 0 aliphatic heterocycles. The van der Waals surface area contributed by atoms with Crippen LogP contribution < -0.4 is 15.7 Å². The van der Waals surface area contributed by atoms with Gasteiger partial charge in [0.05, 0.1) is 30.0 Å². The summed E-state index contributed by atoms with van der Waals surface area (Å²) in [4.78, 5) is 29.3. The molecule has 0 bridgehead atoms. The number of nitro groups is 1. The van der Waals surface area contributed by atoms with Gasteiger partial charge in [0.1, 0.15) is 17.4 Å². The Balaban J connectivity index is 1.91. The highest BCUT2D eigenvalue weighted by molar-refractivity contribution is 5.82. The molecule has 0 atom stereocenters. The second-order valence-electron chi connectivity index (χ2n) is 5.71. The van der Waals surface area contributed by atoms with Crippen molar-refractivity contribution in [2.24, 2.45) is 5.10 Å². The summed E-state index contributed by atoms with van der Waals surface area (Å²) in [5.41, 5.74) is 2.90. The lowest BCUT2D eigenvalue weighted by Crippen LogP contribution is -2.16. The Morgan fingerprint density at radius 1 is 1.31 bits per heavy atom. The van der Waals surface area contributed by atoms with Crippen LogP contribution in [-0.2, 0) is 0 Å². The molecule has 0 amide bonds. The van der Waals surface area contributed by atoms with Gasteiger partial charge in [-0.15, -0.1) is 0 Å². The van der Waals surface area contributed by atoms with Crippen molar-refractivity contribution in [3.05, 3.63) is 80.1 Å². The normalized spacial score (nSPS) is 10.5. The molecule has 0 saturated heterocycles. The molecule has 10 nitrogen and oxygen atoms in total. The van der Waals surface area contributed by atoms with E-state index in [1.165, 1.54) is 25.5 Å². The SMILES string of the molecule is COc1cc(C=NNc2nc(-c3ccccc3)c(C#N)c(=O)[nH]2)cc([N+](=O)[O-])c1. The molecule has 0 unspecified atom stereocenters. The number of aromatic nitrogens is 2. The highest BCUT2D eigenvalue weighted by atomic mass is 16.6. The maximum Gasteiger partial charge on any atom is 0.273 e. The average molecular weight is 390 g/mol. The first-order chi connectivity index (χ1) is 14.0. The molecule has 29 heavy (non-hydrogen) atoms. The topological polar surface area (TPSA) is 146 Å². The second-order valence-corrected chi connectivity index (χ2v) is 5.71. The maximum absolute atomic E-state index is 12.2. The molecule has 3 rings (SSSR count). The van der Waals surface area contributed by atoms with E-state index in [0.29, 0.717) is 16.9 Å². The lowest BCUT2D eigenvalue weighted by Gasteiger charge is -2.06. The molecule has 3 aromatic rings. The summed E-state index contributed by atoms with van der Waals surface area (Å²) in [6.07, 6.45) is 1.32. The van der Waals surface area contributed by atoms with E-state index >= 15 is 0 Å². The predicted octanol–water partition coefficient (Wildman–Crippen LogP) is 2.67. The summed E-state index contributed by atoms with van der Waals surface area (Å²) in [6, 6.07) is 14.8. The number of ether oxygens (including phenoxy) is 1. The van der Waals surface area contributed by atoms with Gasteiger partial charge in [0.25, 0.3) is 11.2 Å². The van der Waals surface area contributed by atoms with Crippen LogP contribution in [0.1, 0.15) is 11.1 Å². The zero-order chi connectivity index (χ0) is 20.8. The molecule has 0 aliphatic rings. The summed E-state index contributed by atoms with van der Waals surface area (Å²) in [7, 11) is 1.40. The maximum atomic E-state index is 12.2. The Morgan fingerprint density at radius 3 is 2.72 bits per heavy atom.